The van der Waals surface area contributed by atoms with Crippen LogP contribution in [0.4, 0.5) is 5.69 Å². The van der Waals surface area contributed by atoms with Gasteiger partial charge in [-0.1, -0.05) is 25.1 Å². The Morgan fingerprint density at radius 1 is 1.28 bits per heavy atom. The number of fused-ring (bicyclic) bond motifs is 7. The van der Waals surface area contributed by atoms with Gasteiger partial charge in [0.25, 0.3) is 5.91 Å². The van der Waals surface area contributed by atoms with E-state index in [1.807, 2.05) is 18.2 Å². The monoisotopic (exact) mass is 398 g/mol. The van der Waals surface area contributed by atoms with E-state index in [1.54, 1.807) is 7.11 Å². The quantitative estimate of drug-likeness (QED) is 0.545. The number of nitrogens with zero attached hydrogens (tertiary/aromatic N) is 1. The second-order valence-electron chi connectivity index (χ2n) is 8.66. The minimum absolute atomic E-state index is 0.0332. The number of hydrogen-bond acceptors (Lipinski definition) is 4. The topological polar surface area (TPSA) is 80.2 Å². The summed E-state index contributed by atoms with van der Waals surface area (Å²) in [6.07, 6.45) is 3.29. The number of carbonyl (C=O) groups excluding carboxylic acids is 3. The predicted octanol–water partition coefficient (Wildman–Crippen LogP) is 0.0950. The van der Waals surface area contributed by atoms with Gasteiger partial charge in [0.1, 0.15) is 17.9 Å². The molecular formula is C22H28N3O4+. The Balaban J connectivity index is 1.64. The molecule has 3 fully saturated rings. The molecule has 29 heavy (non-hydrogen) atoms. The lowest BCUT2D eigenvalue weighted by molar-refractivity contribution is -0.948. The average Bonchev–Trinajstić information content (AvgIpc) is 3.42. The molecule has 5 rings (SSSR count). The first-order valence-electron chi connectivity index (χ1n) is 10.7. The van der Waals surface area contributed by atoms with Gasteiger partial charge in [-0.2, -0.15) is 0 Å². The van der Waals surface area contributed by atoms with E-state index in [9.17, 15) is 14.4 Å². The van der Waals surface area contributed by atoms with Crippen molar-refractivity contribution >= 4 is 23.4 Å². The molecule has 2 N–H and O–H groups in total. The molecule has 154 valence electrons. The summed E-state index contributed by atoms with van der Waals surface area (Å²) in [7, 11) is 1.61. The molecule has 4 heterocycles. The van der Waals surface area contributed by atoms with Crippen molar-refractivity contribution in [2.45, 2.75) is 44.2 Å². The van der Waals surface area contributed by atoms with Crippen molar-refractivity contribution in [1.29, 1.82) is 0 Å². The minimum Gasteiger partial charge on any atom is -0.385 e. The van der Waals surface area contributed by atoms with Gasteiger partial charge in [0, 0.05) is 38.7 Å². The molecule has 0 aliphatic carbocycles. The third kappa shape index (κ3) is 2.23. The number of hydrogen-bond donors (Lipinski definition) is 2. The van der Waals surface area contributed by atoms with Gasteiger partial charge in [0.05, 0.1) is 12.2 Å². The number of amides is 3. The lowest BCUT2D eigenvalue weighted by atomic mass is 9.75. The molecule has 1 aromatic rings. The summed E-state index contributed by atoms with van der Waals surface area (Å²) in [6.45, 7) is 3.75. The average molecular weight is 398 g/mol. The van der Waals surface area contributed by atoms with Gasteiger partial charge in [0.15, 0.2) is 0 Å². The van der Waals surface area contributed by atoms with Gasteiger partial charge in [-0.3, -0.25) is 19.3 Å². The molecule has 4 aliphatic rings. The highest BCUT2D eigenvalue weighted by molar-refractivity contribution is 6.14. The van der Waals surface area contributed by atoms with E-state index < -0.39 is 17.4 Å². The van der Waals surface area contributed by atoms with Gasteiger partial charge < -0.3 is 15.0 Å². The van der Waals surface area contributed by atoms with Crippen molar-refractivity contribution < 1.29 is 24.0 Å². The van der Waals surface area contributed by atoms with Crippen LogP contribution in [0, 0.1) is 11.8 Å². The molecule has 1 aromatic carbocycles. The molecule has 4 aliphatic heterocycles. The maximum atomic E-state index is 13.6. The molecule has 1 spiro atoms. The van der Waals surface area contributed by atoms with Crippen LogP contribution in [-0.2, 0) is 31.1 Å². The minimum atomic E-state index is -0.977. The number of carbonyl (C=O) groups is 3. The predicted molar refractivity (Wildman–Crippen MR) is 105 cm³/mol. The number of aryl methyl sites for hydroxylation is 1. The number of methoxy groups -OCH3 is 1. The zero-order valence-corrected chi connectivity index (χ0v) is 17.0. The fourth-order valence-electron chi connectivity index (χ4n) is 6.49. The van der Waals surface area contributed by atoms with Crippen molar-refractivity contribution in [1.82, 2.24) is 4.90 Å². The summed E-state index contributed by atoms with van der Waals surface area (Å²) < 4.78 is 5.10. The fourth-order valence-corrected chi connectivity index (χ4v) is 6.49. The molecular weight excluding hydrogens is 370 g/mol. The van der Waals surface area contributed by atoms with Crippen LogP contribution in [0.1, 0.15) is 37.3 Å². The third-order valence-corrected chi connectivity index (χ3v) is 7.54. The summed E-state index contributed by atoms with van der Waals surface area (Å²) in [5, 5.41) is 3.12. The second-order valence-corrected chi connectivity index (χ2v) is 8.66. The molecule has 0 radical (unpaired) electrons. The number of rotatable bonds is 5. The van der Waals surface area contributed by atoms with E-state index in [0.717, 1.165) is 47.5 Å². The Bertz CT molecular complexity index is 900. The summed E-state index contributed by atoms with van der Waals surface area (Å²) >= 11 is 0. The third-order valence-electron chi connectivity index (χ3n) is 7.54. The summed E-state index contributed by atoms with van der Waals surface area (Å²) in [5.41, 5.74) is 1.88. The molecule has 0 saturated carbocycles. The molecule has 5 atom stereocenters. The lowest BCUT2D eigenvalue weighted by Crippen LogP contribution is -3.19. The Hall–Kier alpha value is -2.25. The maximum Gasteiger partial charge on any atom is 0.291 e. The molecule has 7 nitrogen and oxygen atoms in total. The summed E-state index contributed by atoms with van der Waals surface area (Å²) in [5.74, 6) is -1.38. The van der Waals surface area contributed by atoms with Crippen LogP contribution in [0.3, 0.4) is 0 Å². The molecule has 0 aromatic heterocycles. The zero-order chi connectivity index (χ0) is 20.3. The molecule has 7 heteroatoms. The standard InChI is InChI=1S/C22H27N3O4/c1-3-13-7-4-8-14-18(13)23-21(28)22(14)17-16(15-9-5-11-25(15)22)19(26)24(20(17)27)10-6-12-29-2/h4,7-8,15-17H,3,5-6,9-12H2,1-2H3,(H,23,28)/p+1/t15-,16+,17-,22-/m0/s1. The normalized spacial score (nSPS) is 34.7. The van der Waals surface area contributed by atoms with E-state index in [0.29, 0.717) is 19.6 Å². The summed E-state index contributed by atoms with van der Waals surface area (Å²) in [4.78, 5) is 43.0. The first-order valence-corrected chi connectivity index (χ1v) is 10.7. The van der Waals surface area contributed by atoms with Gasteiger partial charge >= 0.3 is 0 Å². The fraction of sp³-hybridized carbons (Fsp3) is 0.591. The van der Waals surface area contributed by atoms with Gasteiger partial charge in [-0.15, -0.1) is 0 Å². The number of anilines is 1. The SMILES string of the molecule is CCc1cccc2c1NC(=O)[C@@]21[C@@H]2C(=O)N(CCCOC)C(=O)[C@@H]2[C@@H]2CCC[NH+]21. The van der Waals surface area contributed by atoms with E-state index >= 15 is 0 Å². The first kappa shape index (κ1) is 18.8. The first-order chi connectivity index (χ1) is 14.1. The van der Waals surface area contributed by atoms with Crippen LogP contribution in [0.2, 0.25) is 0 Å². The lowest BCUT2D eigenvalue weighted by Gasteiger charge is -2.33. The van der Waals surface area contributed by atoms with E-state index in [4.69, 9.17) is 4.74 Å². The molecule has 3 saturated heterocycles. The molecule has 1 unspecified atom stereocenters. The smallest absolute Gasteiger partial charge is 0.291 e. The van der Waals surface area contributed by atoms with Gasteiger partial charge in [0.2, 0.25) is 17.4 Å². The highest BCUT2D eigenvalue weighted by Crippen LogP contribution is 2.52. The van der Waals surface area contributed by atoms with Crippen LogP contribution < -0.4 is 10.2 Å². The van der Waals surface area contributed by atoms with Crippen LogP contribution in [0.25, 0.3) is 0 Å². The van der Waals surface area contributed by atoms with Crippen molar-refractivity contribution in [2.75, 3.05) is 32.1 Å². The van der Waals surface area contributed by atoms with Gasteiger partial charge in [-0.25, -0.2) is 0 Å². The number of para-hydroxylation sites is 1. The number of ether oxygens (including phenoxy) is 1. The number of benzene rings is 1. The Morgan fingerprint density at radius 2 is 2.10 bits per heavy atom. The molecule has 3 amide bonds. The van der Waals surface area contributed by atoms with Crippen LogP contribution in [-0.4, -0.2) is 55.5 Å². The highest BCUT2D eigenvalue weighted by atomic mass is 16.5. The summed E-state index contributed by atoms with van der Waals surface area (Å²) in [6, 6.07) is 6.03. The van der Waals surface area contributed by atoms with E-state index in [2.05, 4.69) is 12.2 Å². The number of quaternary nitrogens is 1. The molecule has 0 bridgehead atoms. The van der Waals surface area contributed by atoms with Crippen molar-refractivity contribution in [3.63, 3.8) is 0 Å². The second kappa shape index (κ2) is 6.64. The number of nitrogens with one attached hydrogen (secondary N) is 2. The number of imide groups is 1. The van der Waals surface area contributed by atoms with Crippen molar-refractivity contribution in [3.05, 3.63) is 29.3 Å². The van der Waals surface area contributed by atoms with Crippen LogP contribution >= 0.6 is 0 Å². The van der Waals surface area contributed by atoms with E-state index in [1.165, 1.54) is 4.90 Å². The van der Waals surface area contributed by atoms with Crippen molar-refractivity contribution in [3.8, 4) is 0 Å². The Labute approximate surface area is 170 Å². The Kier molecular flexibility index (Phi) is 4.29. The van der Waals surface area contributed by atoms with Crippen LogP contribution in [0.15, 0.2) is 18.2 Å². The Morgan fingerprint density at radius 3 is 2.86 bits per heavy atom. The maximum absolute atomic E-state index is 13.6. The highest BCUT2D eigenvalue weighted by Gasteiger charge is 2.78. The van der Waals surface area contributed by atoms with Crippen molar-refractivity contribution in [2.24, 2.45) is 11.8 Å². The number of likely N-dealkylation sites (tertiary alicyclic amines) is 1. The van der Waals surface area contributed by atoms with Crippen LogP contribution in [0.5, 0.6) is 0 Å². The zero-order valence-electron chi connectivity index (χ0n) is 17.0. The van der Waals surface area contributed by atoms with Gasteiger partial charge in [-0.05, 0) is 18.4 Å². The largest absolute Gasteiger partial charge is 0.385 e. The van der Waals surface area contributed by atoms with E-state index in [-0.39, 0.29) is 23.8 Å².